The van der Waals surface area contributed by atoms with E-state index in [2.05, 4.69) is 22.0 Å². The topological polar surface area (TPSA) is 86.3 Å². The van der Waals surface area contributed by atoms with E-state index in [1.54, 1.807) is 0 Å². The molecule has 0 aliphatic heterocycles. The Labute approximate surface area is 121 Å². The molecule has 2 aromatic rings. The molecule has 0 saturated carbocycles. The molecule has 0 radical (unpaired) electrons. The zero-order chi connectivity index (χ0) is 14.6. The molecule has 20 heavy (non-hydrogen) atoms. The van der Waals surface area contributed by atoms with Crippen molar-refractivity contribution >= 4 is 21.4 Å². The number of rotatable bonds is 4. The lowest BCUT2D eigenvalue weighted by atomic mass is 10.3. The SMILES string of the molecule is CN(Cc1csc(C#CCO)c1)S(=O)(=O)c1ccn[nH]1. The van der Waals surface area contributed by atoms with Gasteiger partial charge in [0.1, 0.15) is 6.61 Å². The molecule has 0 amide bonds. The van der Waals surface area contributed by atoms with Crippen LogP contribution in [-0.2, 0) is 16.6 Å². The molecule has 0 unspecified atom stereocenters. The van der Waals surface area contributed by atoms with E-state index < -0.39 is 10.0 Å². The minimum Gasteiger partial charge on any atom is -0.384 e. The maximum atomic E-state index is 12.2. The first-order chi connectivity index (χ1) is 9.54. The molecule has 0 saturated heterocycles. The first kappa shape index (κ1) is 14.7. The van der Waals surface area contributed by atoms with Gasteiger partial charge in [0, 0.05) is 13.6 Å². The first-order valence-electron chi connectivity index (χ1n) is 5.67. The lowest BCUT2D eigenvalue weighted by Gasteiger charge is -2.14. The van der Waals surface area contributed by atoms with E-state index in [4.69, 9.17) is 5.11 Å². The highest BCUT2D eigenvalue weighted by Crippen LogP contribution is 2.18. The number of aromatic amines is 1. The lowest BCUT2D eigenvalue weighted by molar-refractivity contribution is 0.350. The van der Waals surface area contributed by atoms with Crippen molar-refractivity contribution in [3.63, 3.8) is 0 Å². The van der Waals surface area contributed by atoms with Crippen LogP contribution in [0.25, 0.3) is 0 Å². The van der Waals surface area contributed by atoms with Gasteiger partial charge in [0.05, 0.1) is 11.1 Å². The monoisotopic (exact) mass is 311 g/mol. The molecule has 0 aliphatic carbocycles. The highest BCUT2D eigenvalue weighted by atomic mass is 32.2. The number of aliphatic hydroxyl groups excluding tert-OH is 1. The van der Waals surface area contributed by atoms with Crippen LogP contribution in [0.4, 0.5) is 0 Å². The number of aromatic nitrogens is 2. The third-order valence-corrected chi connectivity index (χ3v) is 5.14. The third kappa shape index (κ3) is 3.26. The van der Waals surface area contributed by atoms with Gasteiger partial charge in [-0.3, -0.25) is 5.10 Å². The third-order valence-electron chi connectivity index (χ3n) is 2.51. The maximum absolute atomic E-state index is 12.2. The Morgan fingerprint density at radius 2 is 2.35 bits per heavy atom. The fourth-order valence-electron chi connectivity index (χ4n) is 1.55. The van der Waals surface area contributed by atoms with E-state index >= 15 is 0 Å². The van der Waals surface area contributed by atoms with Crippen LogP contribution in [0.5, 0.6) is 0 Å². The number of aliphatic hydroxyl groups is 1. The first-order valence-corrected chi connectivity index (χ1v) is 7.99. The fourth-order valence-corrected chi connectivity index (χ4v) is 3.37. The summed E-state index contributed by atoms with van der Waals surface area (Å²) >= 11 is 1.41. The molecule has 106 valence electrons. The number of hydrogen-bond donors (Lipinski definition) is 2. The number of sulfonamides is 1. The van der Waals surface area contributed by atoms with Gasteiger partial charge in [-0.2, -0.15) is 9.40 Å². The smallest absolute Gasteiger partial charge is 0.260 e. The fraction of sp³-hybridized carbons (Fsp3) is 0.250. The predicted molar refractivity (Wildman–Crippen MR) is 75.5 cm³/mol. The van der Waals surface area contributed by atoms with Gasteiger partial charge in [0.2, 0.25) is 0 Å². The van der Waals surface area contributed by atoms with E-state index in [1.807, 2.05) is 11.4 Å². The van der Waals surface area contributed by atoms with Crippen molar-refractivity contribution in [2.45, 2.75) is 11.6 Å². The molecule has 0 atom stereocenters. The van der Waals surface area contributed by atoms with Crippen LogP contribution < -0.4 is 0 Å². The molecule has 2 heterocycles. The van der Waals surface area contributed by atoms with Gasteiger partial charge in [0.15, 0.2) is 5.03 Å². The molecule has 6 nitrogen and oxygen atoms in total. The Bertz CT molecular complexity index is 724. The Balaban J connectivity index is 2.12. The summed E-state index contributed by atoms with van der Waals surface area (Å²) in [6.07, 6.45) is 1.40. The van der Waals surface area contributed by atoms with Crippen molar-refractivity contribution < 1.29 is 13.5 Å². The van der Waals surface area contributed by atoms with Gasteiger partial charge < -0.3 is 5.11 Å². The van der Waals surface area contributed by atoms with Crippen LogP contribution in [0, 0.1) is 11.8 Å². The summed E-state index contributed by atoms with van der Waals surface area (Å²) in [6.45, 7) is 0.0556. The quantitative estimate of drug-likeness (QED) is 0.811. The summed E-state index contributed by atoms with van der Waals surface area (Å²) in [5.41, 5.74) is 0.850. The summed E-state index contributed by atoms with van der Waals surface area (Å²) in [7, 11) is -2.05. The van der Waals surface area contributed by atoms with Crippen LogP contribution >= 0.6 is 11.3 Å². The van der Waals surface area contributed by atoms with Gasteiger partial charge in [-0.05, 0) is 23.1 Å². The van der Waals surface area contributed by atoms with Crippen LogP contribution in [0.15, 0.2) is 28.7 Å². The molecular weight excluding hydrogens is 298 g/mol. The van der Waals surface area contributed by atoms with E-state index in [-0.39, 0.29) is 18.2 Å². The van der Waals surface area contributed by atoms with Crippen LogP contribution in [0.1, 0.15) is 10.4 Å². The molecular formula is C12H13N3O3S2. The maximum Gasteiger partial charge on any atom is 0.260 e. The normalized spacial score (nSPS) is 11.3. The second kappa shape index (κ2) is 6.19. The number of nitrogens with one attached hydrogen (secondary N) is 1. The van der Waals surface area contributed by atoms with Gasteiger partial charge in [-0.25, -0.2) is 8.42 Å². The van der Waals surface area contributed by atoms with Gasteiger partial charge in [0.25, 0.3) is 10.0 Å². The molecule has 2 rings (SSSR count). The second-order valence-corrected chi connectivity index (χ2v) is 6.89. The van der Waals surface area contributed by atoms with Crippen molar-refractivity contribution in [3.8, 4) is 11.8 Å². The predicted octanol–water partition coefficient (Wildman–Crippen LogP) is 0.636. The number of H-pyrrole nitrogens is 1. The van der Waals surface area contributed by atoms with E-state index in [9.17, 15) is 8.42 Å². The summed E-state index contributed by atoms with van der Waals surface area (Å²) in [4.78, 5) is 0.793. The zero-order valence-electron chi connectivity index (χ0n) is 10.7. The van der Waals surface area contributed by atoms with Crippen molar-refractivity contribution in [1.29, 1.82) is 0 Å². The molecule has 2 N–H and O–H groups in total. The van der Waals surface area contributed by atoms with E-state index in [1.165, 1.54) is 35.0 Å². The Kier molecular flexibility index (Phi) is 4.57. The average molecular weight is 311 g/mol. The van der Waals surface area contributed by atoms with Crippen LogP contribution in [0.2, 0.25) is 0 Å². The van der Waals surface area contributed by atoms with Gasteiger partial charge in [-0.1, -0.05) is 11.8 Å². The van der Waals surface area contributed by atoms with Crippen molar-refractivity contribution in [2.75, 3.05) is 13.7 Å². The molecule has 0 fully saturated rings. The standard InChI is InChI=1S/C12H13N3O3S2/c1-15(20(17,18)12-4-5-13-14-12)8-10-7-11(19-9-10)3-2-6-16/h4-5,7,9,16H,6,8H2,1H3,(H,13,14). The summed E-state index contributed by atoms with van der Waals surface area (Å²) in [6, 6.07) is 3.23. The summed E-state index contributed by atoms with van der Waals surface area (Å²) in [5.74, 6) is 5.34. The van der Waals surface area contributed by atoms with Gasteiger partial charge >= 0.3 is 0 Å². The molecule has 0 aromatic carbocycles. The summed E-state index contributed by atoms with van der Waals surface area (Å²) < 4.78 is 25.6. The highest BCUT2D eigenvalue weighted by molar-refractivity contribution is 7.89. The molecule has 2 aromatic heterocycles. The lowest BCUT2D eigenvalue weighted by Crippen LogP contribution is -2.26. The molecule has 8 heteroatoms. The van der Waals surface area contributed by atoms with Crippen LogP contribution in [-0.4, -0.2) is 41.7 Å². The average Bonchev–Trinajstić information content (AvgIpc) is 3.07. The second-order valence-electron chi connectivity index (χ2n) is 3.96. The van der Waals surface area contributed by atoms with E-state index in [0.29, 0.717) is 0 Å². The zero-order valence-corrected chi connectivity index (χ0v) is 12.3. The molecule has 0 bridgehead atoms. The van der Waals surface area contributed by atoms with Gasteiger partial charge in [-0.15, -0.1) is 11.3 Å². The summed E-state index contributed by atoms with van der Waals surface area (Å²) in [5, 5.41) is 16.6. The Hall–Kier alpha value is -1.66. The minimum absolute atomic E-state index is 0.0653. The largest absolute Gasteiger partial charge is 0.384 e. The van der Waals surface area contributed by atoms with Crippen LogP contribution in [0.3, 0.4) is 0 Å². The van der Waals surface area contributed by atoms with Crippen molar-refractivity contribution in [3.05, 3.63) is 34.2 Å². The van der Waals surface area contributed by atoms with E-state index in [0.717, 1.165) is 10.4 Å². The Morgan fingerprint density at radius 3 is 3.00 bits per heavy atom. The van der Waals surface area contributed by atoms with Crippen molar-refractivity contribution in [2.24, 2.45) is 0 Å². The highest BCUT2D eigenvalue weighted by Gasteiger charge is 2.22. The minimum atomic E-state index is -3.56. The number of thiophene rings is 1. The number of hydrogen-bond acceptors (Lipinski definition) is 5. The van der Waals surface area contributed by atoms with Crippen molar-refractivity contribution in [1.82, 2.24) is 14.5 Å². The number of nitrogens with zero attached hydrogens (tertiary/aromatic N) is 2. The molecule has 0 spiro atoms. The molecule has 0 aliphatic rings. The Morgan fingerprint density at radius 1 is 1.55 bits per heavy atom.